The SMILES string of the molecule is S=C(NN=Cc1ccc(Cl)c(Cl)c1)NC1CC2CC1C1C=CCC21. The summed E-state index contributed by atoms with van der Waals surface area (Å²) in [6.45, 7) is 0. The van der Waals surface area contributed by atoms with Crippen LogP contribution < -0.4 is 10.7 Å². The van der Waals surface area contributed by atoms with Gasteiger partial charge in [0.1, 0.15) is 0 Å². The Balaban J connectivity index is 1.30. The summed E-state index contributed by atoms with van der Waals surface area (Å²) < 4.78 is 0. The van der Waals surface area contributed by atoms with Gasteiger partial charge in [-0.15, -0.1) is 0 Å². The van der Waals surface area contributed by atoms with Crippen LogP contribution in [0.5, 0.6) is 0 Å². The van der Waals surface area contributed by atoms with Crippen molar-refractivity contribution in [3.05, 3.63) is 46.0 Å². The summed E-state index contributed by atoms with van der Waals surface area (Å²) in [5.74, 6) is 3.22. The van der Waals surface area contributed by atoms with E-state index in [4.69, 9.17) is 35.4 Å². The number of rotatable bonds is 3. The maximum Gasteiger partial charge on any atom is 0.187 e. The number of nitrogens with one attached hydrogen (secondary N) is 2. The highest BCUT2D eigenvalue weighted by Gasteiger charge is 2.52. The molecule has 3 nitrogen and oxygen atoms in total. The van der Waals surface area contributed by atoms with Gasteiger partial charge in [0.2, 0.25) is 0 Å². The van der Waals surface area contributed by atoms with Gasteiger partial charge in [-0.3, -0.25) is 5.43 Å². The molecule has 2 fully saturated rings. The lowest BCUT2D eigenvalue weighted by atomic mass is 9.79. The fourth-order valence-corrected chi connectivity index (χ4v) is 5.18. The molecule has 3 aliphatic rings. The second kappa shape index (κ2) is 6.66. The van der Waals surface area contributed by atoms with Crippen molar-refractivity contribution < 1.29 is 0 Å². The highest BCUT2D eigenvalue weighted by atomic mass is 35.5. The van der Waals surface area contributed by atoms with Gasteiger partial charge in [0, 0.05) is 6.04 Å². The van der Waals surface area contributed by atoms with Gasteiger partial charge in [0.05, 0.1) is 16.3 Å². The largest absolute Gasteiger partial charge is 0.358 e. The van der Waals surface area contributed by atoms with Gasteiger partial charge in [-0.1, -0.05) is 41.4 Å². The standard InChI is InChI=1S/C18H19Cl2N3S/c19-15-5-4-10(6-16(15)20)9-21-23-18(24)22-17-8-11-7-14(17)13-3-1-2-12(11)13/h1,3-6,9,11-14,17H,2,7-8H2,(H2,22,23,24). The zero-order valence-corrected chi connectivity index (χ0v) is 15.4. The van der Waals surface area contributed by atoms with Crippen LogP contribution in [0.2, 0.25) is 10.0 Å². The molecule has 2 bridgehead atoms. The number of fused-ring (bicyclic) bond motifs is 5. The third-order valence-electron chi connectivity index (χ3n) is 5.65. The maximum atomic E-state index is 5.99. The Labute approximate surface area is 157 Å². The van der Waals surface area contributed by atoms with E-state index in [2.05, 4.69) is 28.0 Å². The molecule has 6 heteroatoms. The lowest BCUT2D eigenvalue weighted by Crippen LogP contribution is -2.45. The molecule has 5 unspecified atom stereocenters. The number of hydrogen-bond donors (Lipinski definition) is 2. The van der Waals surface area contributed by atoms with Gasteiger partial charge in [-0.2, -0.15) is 5.10 Å². The Morgan fingerprint density at radius 1 is 1.21 bits per heavy atom. The summed E-state index contributed by atoms with van der Waals surface area (Å²) in [5, 5.41) is 9.28. The molecular formula is C18H19Cl2N3S. The van der Waals surface area contributed by atoms with Gasteiger partial charge >= 0.3 is 0 Å². The molecule has 1 aromatic rings. The summed E-state index contributed by atoms with van der Waals surface area (Å²) >= 11 is 17.3. The van der Waals surface area contributed by atoms with Crippen molar-refractivity contribution in [2.45, 2.75) is 25.3 Å². The van der Waals surface area contributed by atoms with Crippen LogP contribution in [0.3, 0.4) is 0 Å². The van der Waals surface area contributed by atoms with Gasteiger partial charge in [-0.25, -0.2) is 0 Å². The number of thiocarbonyl (C=S) groups is 1. The first-order valence-corrected chi connectivity index (χ1v) is 9.49. The van der Waals surface area contributed by atoms with Gasteiger partial charge in [0.25, 0.3) is 0 Å². The lowest BCUT2D eigenvalue weighted by molar-refractivity contribution is 0.246. The summed E-state index contributed by atoms with van der Waals surface area (Å²) in [4.78, 5) is 0. The maximum absolute atomic E-state index is 5.99. The van der Waals surface area contributed by atoms with Gasteiger partial charge < -0.3 is 5.32 Å². The minimum Gasteiger partial charge on any atom is -0.358 e. The molecule has 0 radical (unpaired) electrons. The Morgan fingerprint density at radius 2 is 2.08 bits per heavy atom. The van der Waals surface area contributed by atoms with Crippen LogP contribution in [0.15, 0.2) is 35.5 Å². The van der Waals surface area contributed by atoms with Crippen LogP contribution in [-0.2, 0) is 0 Å². The molecular weight excluding hydrogens is 361 g/mol. The van der Waals surface area contributed by atoms with E-state index in [1.165, 1.54) is 19.3 Å². The van der Waals surface area contributed by atoms with E-state index in [-0.39, 0.29) is 0 Å². The van der Waals surface area contributed by atoms with Crippen LogP contribution in [0, 0.1) is 23.7 Å². The first-order valence-electron chi connectivity index (χ1n) is 8.33. The van der Waals surface area contributed by atoms with E-state index in [0.717, 1.165) is 29.2 Å². The molecule has 2 N–H and O–H groups in total. The second-order valence-electron chi connectivity index (χ2n) is 6.92. The Bertz CT molecular complexity index is 718. The molecule has 0 aromatic heterocycles. The predicted molar refractivity (Wildman–Crippen MR) is 104 cm³/mol. The van der Waals surface area contributed by atoms with E-state index < -0.39 is 0 Å². The van der Waals surface area contributed by atoms with E-state index in [9.17, 15) is 0 Å². The molecule has 5 atom stereocenters. The third-order valence-corrected chi connectivity index (χ3v) is 6.60. The van der Waals surface area contributed by atoms with Crippen LogP contribution in [0.4, 0.5) is 0 Å². The van der Waals surface area contributed by atoms with E-state index >= 15 is 0 Å². The average molecular weight is 380 g/mol. The fraction of sp³-hybridized carbons (Fsp3) is 0.444. The van der Waals surface area contributed by atoms with Crippen LogP contribution in [-0.4, -0.2) is 17.4 Å². The van der Waals surface area contributed by atoms with Crippen molar-refractivity contribution in [3.63, 3.8) is 0 Å². The highest BCUT2D eigenvalue weighted by molar-refractivity contribution is 7.80. The van der Waals surface area contributed by atoms with Gasteiger partial charge in [0.15, 0.2) is 5.11 Å². The number of hydrogen-bond acceptors (Lipinski definition) is 2. The second-order valence-corrected chi connectivity index (χ2v) is 8.15. The van der Waals surface area contributed by atoms with Crippen molar-refractivity contribution in [2.24, 2.45) is 28.8 Å². The Hall–Kier alpha value is -1.10. The third kappa shape index (κ3) is 3.07. The summed E-state index contributed by atoms with van der Waals surface area (Å²) in [7, 11) is 0. The van der Waals surface area contributed by atoms with E-state index in [1.807, 2.05) is 6.07 Å². The predicted octanol–water partition coefficient (Wildman–Crippen LogP) is 4.39. The molecule has 1 aromatic carbocycles. The molecule has 2 saturated carbocycles. The minimum atomic E-state index is 0.471. The summed E-state index contributed by atoms with van der Waals surface area (Å²) in [6.07, 6.45) is 10.3. The number of benzene rings is 1. The quantitative estimate of drug-likeness (QED) is 0.353. The molecule has 0 spiro atoms. The minimum absolute atomic E-state index is 0.471. The van der Waals surface area contributed by atoms with Crippen LogP contribution >= 0.6 is 35.4 Å². The topological polar surface area (TPSA) is 36.4 Å². The Kier molecular flexibility index (Phi) is 4.54. The Morgan fingerprint density at radius 3 is 2.92 bits per heavy atom. The number of nitrogens with zero attached hydrogens (tertiary/aromatic N) is 1. The lowest BCUT2D eigenvalue weighted by Gasteiger charge is -2.32. The fourth-order valence-electron chi connectivity index (χ4n) is 4.67. The molecule has 4 rings (SSSR count). The first kappa shape index (κ1) is 16.4. The summed E-state index contributed by atoms with van der Waals surface area (Å²) in [6, 6.07) is 5.86. The molecule has 0 amide bonds. The van der Waals surface area contributed by atoms with Crippen molar-refractivity contribution in [3.8, 4) is 0 Å². The monoisotopic (exact) mass is 379 g/mol. The zero-order chi connectivity index (χ0) is 16.7. The van der Waals surface area contributed by atoms with Crippen LogP contribution in [0.1, 0.15) is 24.8 Å². The molecule has 0 aliphatic heterocycles. The molecule has 126 valence electrons. The normalized spacial score (nSPS) is 33.2. The van der Waals surface area contributed by atoms with Crippen LogP contribution in [0.25, 0.3) is 0 Å². The van der Waals surface area contributed by atoms with Crippen molar-refractivity contribution in [1.82, 2.24) is 10.7 Å². The molecule has 0 heterocycles. The zero-order valence-electron chi connectivity index (χ0n) is 13.1. The van der Waals surface area contributed by atoms with Crippen molar-refractivity contribution in [2.75, 3.05) is 0 Å². The molecule has 24 heavy (non-hydrogen) atoms. The van der Waals surface area contributed by atoms with E-state index in [0.29, 0.717) is 21.2 Å². The number of allylic oxidation sites excluding steroid dienone is 2. The smallest absolute Gasteiger partial charge is 0.187 e. The van der Waals surface area contributed by atoms with Gasteiger partial charge in [-0.05, 0) is 72.8 Å². The average Bonchev–Trinajstić information content (AvgIpc) is 3.23. The molecule has 3 aliphatic carbocycles. The highest BCUT2D eigenvalue weighted by Crippen LogP contribution is 2.56. The molecule has 0 saturated heterocycles. The van der Waals surface area contributed by atoms with Crippen molar-refractivity contribution in [1.29, 1.82) is 0 Å². The first-order chi connectivity index (χ1) is 11.6. The number of halogens is 2. The summed E-state index contributed by atoms with van der Waals surface area (Å²) in [5.41, 5.74) is 3.78. The number of hydrazone groups is 1. The van der Waals surface area contributed by atoms with E-state index in [1.54, 1.807) is 18.3 Å². The van der Waals surface area contributed by atoms with Crippen molar-refractivity contribution >= 4 is 46.7 Å².